The second-order valence-corrected chi connectivity index (χ2v) is 8.30. The van der Waals surface area contributed by atoms with Crippen molar-refractivity contribution in [3.63, 3.8) is 0 Å². The van der Waals surface area contributed by atoms with Crippen LogP contribution in [0.4, 0.5) is 14.9 Å². The minimum Gasteiger partial charge on any atom is -0.616 e. The highest BCUT2D eigenvalue weighted by molar-refractivity contribution is 7.91. The van der Waals surface area contributed by atoms with Gasteiger partial charge in [-0.05, 0) is 36.5 Å². The molecule has 2 amide bonds. The molecule has 0 radical (unpaired) electrons. The van der Waals surface area contributed by atoms with E-state index in [0.717, 1.165) is 0 Å². The molecular formula is C18H23FN2O4S. The number of carbonyl (C=O) groups is 2. The number of halogens is 1. The lowest BCUT2D eigenvalue weighted by atomic mass is 9.93. The van der Waals surface area contributed by atoms with Crippen LogP contribution in [-0.4, -0.2) is 47.3 Å². The quantitative estimate of drug-likeness (QED) is 0.793. The average molecular weight is 382 g/mol. The summed E-state index contributed by atoms with van der Waals surface area (Å²) in [5.74, 6) is 0.827. The van der Waals surface area contributed by atoms with Crippen molar-refractivity contribution >= 4 is 28.9 Å². The lowest BCUT2D eigenvalue weighted by Gasteiger charge is -2.25. The Morgan fingerprint density at radius 1 is 1.42 bits per heavy atom. The summed E-state index contributed by atoms with van der Waals surface area (Å²) in [6.45, 7) is 2.26. The summed E-state index contributed by atoms with van der Waals surface area (Å²) in [7, 11) is 0. The van der Waals surface area contributed by atoms with Gasteiger partial charge in [0.1, 0.15) is 23.4 Å². The third kappa shape index (κ3) is 4.29. The van der Waals surface area contributed by atoms with Crippen LogP contribution in [0.5, 0.6) is 0 Å². The first-order valence-corrected chi connectivity index (χ1v) is 10.4. The minimum absolute atomic E-state index is 0.0734. The Morgan fingerprint density at radius 3 is 2.81 bits per heavy atom. The Balaban J connectivity index is 1.65. The molecule has 0 unspecified atom stereocenters. The maximum atomic E-state index is 14.6. The molecule has 2 fully saturated rings. The van der Waals surface area contributed by atoms with Gasteiger partial charge in [-0.2, -0.15) is 0 Å². The molecule has 0 saturated carbocycles. The molecule has 6 nitrogen and oxygen atoms in total. The van der Waals surface area contributed by atoms with Crippen LogP contribution in [0.15, 0.2) is 18.2 Å². The number of nitrogens with one attached hydrogen (secondary N) is 1. The highest BCUT2D eigenvalue weighted by atomic mass is 32.2. The van der Waals surface area contributed by atoms with Crippen molar-refractivity contribution in [3.8, 4) is 0 Å². The number of hydrogen-bond acceptors (Lipinski definition) is 4. The smallest absolute Gasteiger partial charge is 0.414 e. The Morgan fingerprint density at radius 2 is 2.15 bits per heavy atom. The molecule has 142 valence electrons. The first-order valence-electron chi connectivity index (χ1n) is 8.87. The number of carbonyl (C=O) groups excluding carboxylic acids is 2. The van der Waals surface area contributed by atoms with Crippen LogP contribution >= 0.6 is 0 Å². The monoisotopic (exact) mass is 382 g/mol. The summed E-state index contributed by atoms with van der Waals surface area (Å²) in [5.41, 5.74) is 1.06. The van der Waals surface area contributed by atoms with E-state index in [1.54, 1.807) is 19.1 Å². The van der Waals surface area contributed by atoms with E-state index in [1.165, 1.54) is 11.0 Å². The highest BCUT2D eigenvalue weighted by Gasteiger charge is 2.33. The van der Waals surface area contributed by atoms with Crippen molar-refractivity contribution in [1.82, 2.24) is 5.32 Å². The Kier molecular flexibility index (Phi) is 6.03. The third-order valence-electron chi connectivity index (χ3n) is 4.85. The second-order valence-electron chi connectivity index (χ2n) is 6.60. The van der Waals surface area contributed by atoms with Crippen LogP contribution in [0.2, 0.25) is 0 Å². The van der Waals surface area contributed by atoms with Crippen molar-refractivity contribution in [1.29, 1.82) is 0 Å². The number of rotatable bonds is 5. The first-order chi connectivity index (χ1) is 12.5. The predicted octanol–water partition coefficient (Wildman–Crippen LogP) is 2.30. The van der Waals surface area contributed by atoms with E-state index in [0.29, 0.717) is 42.0 Å². The zero-order valence-corrected chi connectivity index (χ0v) is 15.5. The fourth-order valence-electron chi connectivity index (χ4n) is 3.31. The summed E-state index contributed by atoms with van der Waals surface area (Å²) in [4.78, 5) is 24.8. The Bertz CT molecular complexity index is 679. The first kappa shape index (κ1) is 19.0. The van der Waals surface area contributed by atoms with Gasteiger partial charge in [-0.3, -0.25) is 9.69 Å². The molecule has 2 saturated heterocycles. The lowest BCUT2D eigenvalue weighted by Crippen LogP contribution is -2.34. The highest BCUT2D eigenvalue weighted by Crippen LogP contribution is 2.33. The standard InChI is InChI=1S/C18H23FN2O4S/c1-2-17(22)20-10-14-11-21(18(23)25-14)13-3-4-15(16(19)9-13)12-5-7-26(24)8-6-12/h3-4,9,12,14H,2,5-8,10-11H2,1H3,(H,20,22)/t12?,14-,26?/m0/s1. The van der Waals surface area contributed by atoms with Crippen molar-refractivity contribution in [3.05, 3.63) is 29.6 Å². The number of amides is 2. The van der Waals surface area contributed by atoms with E-state index in [-0.39, 0.29) is 30.7 Å². The molecule has 1 N–H and O–H groups in total. The van der Waals surface area contributed by atoms with Gasteiger partial charge in [-0.15, -0.1) is 0 Å². The van der Waals surface area contributed by atoms with Gasteiger partial charge in [0.25, 0.3) is 0 Å². The summed E-state index contributed by atoms with van der Waals surface area (Å²) < 4.78 is 31.3. The molecule has 26 heavy (non-hydrogen) atoms. The Labute approximate surface area is 155 Å². The average Bonchev–Trinajstić information content (AvgIpc) is 3.01. The van der Waals surface area contributed by atoms with Crippen molar-refractivity contribution < 1.29 is 23.3 Å². The maximum Gasteiger partial charge on any atom is 0.414 e. The fourth-order valence-corrected chi connectivity index (χ4v) is 4.61. The molecule has 2 aliphatic rings. The van der Waals surface area contributed by atoms with Crippen LogP contribution in [0.25, 0.3) is 0 Å². The van der Waals surface area contributed by atoms with Crippen LogP contribution < -0.4 is 10.2 Å². The molecule has 1 atom stereocenters. The van der Waals surface area contributed by atoms with E-state index < -0.39 is 23.4 Å². The lowest BCUT2D eigenvalue weighted by molar-refractivity contribution is -0.121. The van der Waals surface area contributed by atoms with Gasteiger partial charge in [-0.1, -0.05) is 24.2 Å². The zero-order chi connectivity index (χ0) is 18.7. The number of hydrogen-bond donors (Lipinski definition) is 1. The third-order valence-corrected chi connectivity index (χ3v) is 6.23. The van der Waals surface area contributed by atoms with Crippen molar-refractivity contribution in [2.45, 2.75) is 38.2 Å². The normalized spacial score (nSPS) is 25.9. The summed E-state index contributed by atoms with van der Waals surface area (Å²) in [6, 6.07) is 4.79. The van der Waals surface area contributed by atoms with Gasteiger partial charge < -0.3 is 14.6 Å². The molecule has 0 aromatic heterocycles. The van der Waals surface area contributed by atoms with E-state index in [1.807, 2.05) is 0 Å². The number of benzene rings is 1. The van der Waals surface area contributed by atoms with Crippen LogP contribution in [-0.2, 0) is 20.7 Å². The molecule has 8 heteroatoms. The topological polar surface area (TPSA) is 81.7 Å². The Hall–Kier alpha value is -1.80. The van der Waals surface area contributed by atoms with E-state index in [2.05, 4.69) is 5.32 Å². The van der Waals surface area contributed by atoms with Crippen molar-refractivity contribution in [2.75, 3.05) is 29.5 Å². The van der Waals surface area contributed by atoms with Crippen molar-refractivity contribution in [2.24, 2.45) is 0 Å². The molecule has 2 heterocycles. The molecular weight excluding hydrogens is 359 g/mol. The van der Waals surface area contributed by atoms with Gasteiger partial charge in [0.05, 0.1) is 18.8 Å². The zero-order valence-electron chi connectivity index (χ0n) is 14.7. The molecule has 0 aliphatic carbocycles. The number of ether oxygens (including phenoxy) is 1. The molecule has 3 rings (SSSR count). The van der Waals surface area contributed by atoms with E-state index >= 15 is 0 Å². The van der Waals surface area contributed by atoms with Gasteiger partial charge >= 0.3 is 6.09 Å². The second kappa shape index (κ2) is 8.26. The molecule has 2 aliphatic heterocycles. The van der Waals surface area contributed by atoms with E-state index in [9.17, 15) is 18.5 Å². The largest absolute Gasteiger partial charge is 0.616 e. The summed E-state index contributed by atoms with van der Waals surface area (Å²) >= 11 is -0.785. The number of nitrogens with zero attached hydrogens (tertiary/aromatic N) is 1. The molecule has 1 aromatic carbocycles. The minimum atomic E-state index is -0.785. The summed E-state index contributed by atoms with van der Waals surface area (Å²) in [6.07, 6.45) is 0.808. The van der Waals surface area contributed by atoms with Crippen LogP contribution in [0, 0.1) is 5.82 Å². The maximum absolute atomic E-state index is 14.6. The van der Waals surface area contributed by atoms with Crippen LogP contribution in [0.3, 0.4) is 0 Å². The predicted molar refractivity (Wildman–Crippen MR) is 97.2 cm³/mol. The SMILES string of the molecule is CCC(=O)NC[C@H]1CN(c2ccc(C3CC[S+]([O-])CC3)c(F)c2)C(=O)O1. The van der Waals surface area contributed by atoms with Gasteiger partial charge in [0.2, 0.25) is 5.91 Å². The number of anilines is 1. The molecule has 0 bridgehead atoms. The number of cyclic esters (lactones) is 1. The summed E-state index contributed by atoms with van der Waals surface area (Å²) in [5, 5.41) is 2.69. The van der Waals surface area contributed by atoms with Gasteiger partial charge in [-0.25, -0.2) is 9.18 Å². The van der Waals surface area contributed by atoms with Crippen LogP contribution in [0.1, 0.15) is 37.7 Å². The van der Waals surface area contributed by atoms with E-state index in [4.69, 9.17) is 4.74 Å². The van der Waals surface area contributed by atoms with Gasteiger partial charge in [0, 0.05) is 6.42 Å². The molecule has 0 spiro atoms. The van der Waals surface area contributed by atoms with Gasteiger partial charge in [0.15, 0.2) is 0 Å². The molecule has 1 aromatic rings. The fraction of sp³-hybridized carbons (Fsp3) is 0.556.